The Bertz CT molecular complexity index is 1300. The second kappa shape index (κ2) is 8.71. The predicted molar refractivity (Wildman–Crippen MR) is 118 cm³/mol. The minimum atomic E-state index is -0.658. The van der Waals surface area contributed by atoms with Crippen LogP contribution in [0.2, 0.25) is 0 Å². The van der Waals surface area contributed by atoms with Crippen molar-refractivity contribution in [3.8, 4) is 17.2 Å². The second-order valence-electron chi connectivity index (χ2n) is 6.93. The number of hydrogen-bond acceptors (Lipinski definition) is 5. The van der Waals surface area contributed by atoms with E-state index >= 15 is 0 Å². The van der Waals surface area contributed by atoms with E-state index in [1.54, 1.807) is 36.4 Å². The fourth-order valence-corrected chi connectivity index (χ4v) is 3.45. The average Bonchev–Trinajstić information content (AvgIpc) is 2.80. The number of nitrogens with one attached hydrogen (secondary N) is 1. The summed E-state index contributed by atoms with van der Waals surface area (Å²) in [7, 11) is 1.53. The van der Waals surface area contributed by atoms with Crippen LogP contribution >= 0.6 is 0 Å². The first-order valence-electron chi connectivity index (χ1n) is 9.79. The molecule has 2 aromatic heterocycles. The molecule has 156 valence electrons. The first-order chi connectivity index (χ1) is 15.1. The van der Waals surface area contributed by atoms with Crippen LogP contribution in [0.15, 0.2) is 77.7 Å². The molecule has 7 heteroatoms. The maximum atomic E-state index is 13.3. The quantitative estimate of drug-likeness (QED) is 0.505. The van der Waals surface area contributed by atoms with Gasteiger partial charge in [-0.05, 0) is 36.2 Å². The van der Waals surface area contributed by atoms with Gasteiger partial charge in [0.15, 0.2) is 5.65 Å². The zero-order chi connectivity index (χ0) is 21.8. The molecule has 0 saturated heterocycles. The van der Waals surface area contributed by atoms with Gasteiger partial charge in [0.05, 0.1) is 18.2 Å². The number of amides is 1. The Kier molecular flexibility index (Phi) is 5.66. The highest BCUT2D eigenvalue weighted by molar-refractivity contribution is 6.02. The van der Waals surface area contributed by atoms with Crippen LogP contribution in [0.3, 0.4) is 0 Å². The van der Waals surface area contributed by atoms with Crippen molar-refractivity contribution < 1.29 is 14.6 Å². The van der Waals surface area contributed by atoms with Crippen LogP contribution in [0.25, 0.3) is 16.7 Å². The van der Waals surface area contributed by atoms with E-state index in [1.807, 2.05) is 30.3 Å². The molecule has 1 amide bonds. The molecule has 0 fully saturated rings. The van der Waals surface area contributed by atoms with Crippen molar-refractivity contribution in [2.75, 3.05) is 13.7 Å². The summed E-state index contributed by atoms with van der Waals surface area (Å²) >= 11 is 0. The molecular weight excluding hydrogens is 394 g/mol. The lowest BCUT2D eigenvalue weighted by atomic mass is 10.1. The Morgan fingerprint density at radius 1 is 1.10 bits per heavy atom. The summed E-state index contributed by atoms with van der Waals surface area (Å²) in [5, 5.41) is 13.8. The molecule has 31 heavy (non-hydrogen) atoms. The van der Waals surface area contributed by atoms with Gasteiger partial charge >= 0.3 is 0 Å². The van der Waals surface area contributed by atoms with E-state index in [2.05, 4.69) is 10.3 Å². The molecule has 0 aliphatic carbocycles. The van der Waals surface area contributed by atoms with Crippen LogP contribution in [0.5, 0.6) is 11.5 Å². The van der Waals surface area contributed by atoms with Crippen LogP contribution in [0, 0.1) is 0 Å². The first-order valence-corrected chi connectivity index (χ1v) is 9.79. The molecule has 0 saturated carbocycles. The summed E-state index contributed by atoms with van der Waals surface area (Å²) in [4.78, 5) is 30.5. The van der Waals surface area contributed by atoms with E-state index in [0.29, 0.717) is 29.8 Å². The number of hydrogen-bond donors (Lipinski definition) is 2. The van der Waals surface area contributed by atoms with Crippen molar-refractivity contribution in [1.82, 2.24) is 14.9 Å². The van der Waals surface area contributed by atoms with Crippen molar-refractivity contribution >= 4 is 16.9 Å². The third-order valence-electron chi connectivity index (χ3n) is 4.99. The number of nitrogens with zero attached hydrogens (tertiary/aromatic N) is 2. The Hall–Kier alpha value is -4.13. The number of ether oxygens (including phenoxy) is 1. The number of benzene rings is 2. The van der Waals surface area contributed by atoms with Crippen molar-refractivity contribution in [2.45, 2.75) is 6.42 Å². The van der Waals surface area contributed by atoms with E-state index in [4.69, 9.17) is 4.74 Å². The van der Waals surface area contributed by atoms with E-state index < -0.39 is 11.5 Å². The number of carbonyl (C=O) groups is 1. The molecule has 4 aromatic rings. The normalized spacial score (nSPS) is 10.7. The third-order valence-corrected chi connectivity index (χ3v) is 4.99. The standard InChI is InChI=1S/C24H21N3O4/c1-31-18-10-5-9-17(15-18)27-22-19(11-6-13-25-22)21(28)20(24(27)30)23(29)26-14-12-16-7-3-2-4-8-16/h2-11,13,15,28H,12,14H2,1H3,(H,26,29). The molecule has 4 rings (SSSR count). The lowest BCUT2D eigenvalue weighted by molar-refractivity contribution is 0.0950. The van der Waals surface area contributed by atoms with Gasteiger partial charge in [-0.3, -0.25) is 14.2 Å². The number of carbonyl (C=O) groups excluding carboxylic acids is 1. The molecule has 0 spiro atoms. The summed E-state index contributed by atoms with van der Waals surface area (Å²) in [6, 6.07) is 19.8. The van der Waals surface area contributed by atoms with Crippen molar-refractivity contribution in [3.05, 3.63) is 94.4 Å². The Morgan fingerprint density at radius 2 is 1.90 bits per heavy atom. The molecular formula is C24H21N3O4. The van der Waals surface area contributed by atoms with Gasteiger partial charge in [0, 0.05) is 18.8 Å². The maximum Gasteiger partial charge on any atom is 0.273 e. The van der Waals surface area contributed by atoms with E-state index in [-0.39, 0.29) is 17.0 Å². The molecule has 2 N–H and O–H groups in total. The van der Waals surface area contributed by atoms with Crippen LogP contribution in [0.4, 0.5) is 0 Å². The third kappa shape index (κ3) is 3.98. The topological polar surface area (TPSA) is 93.5 Å². The molecule has 0 bridgehead atoms. The molecule has 0 unspecified atom stereocenters. The van der Waals surface area contributed by atoms with E-state index in [0.717, 1.165) is 5.56 Å². The Morgan fingerprint density at radius 3 is 2.68 bits per heavy atom. The predicted octanol–water partition coefficient (Wildman–Crippen LogP) is 3.07. The molecule has 0 atom stereocenters. The number of pyridine rings is 2. The van der Waals surface area contributed by atoms with E-state index in [1.165, 1.54) is 17.9 Å². The van der Waals surface area contributed by atoms with Crippen molar-refractivity contribution in [2.24, 2.45) is 0 Å². The van der Waals surface area contributed by atoms with Gasteiger partial charge in [-0.2, -0.15) is 0 Å². The second-order valence-corrected chi connectivity index (χ2v) is 6.93. The number of fused-ring (bicyclic) bond motifs is 1. The highest BCUT2D eigenvalue weighted by Gasteiger charge is 2.23. The number of aromatic nitrogens is 2. The highest BCUT2D eigenvalue weighted by atomic mass is 16.5. The van der Waals surface area contributed by atoms with Crippen LogP contribution in [-0.4, -0.2) is 34.2 Å². The number of rotatable bonds is 6. The molecule has 7 nitrogen and oxygen atoms in total. The van der Waals surface area contributed by atoms with Gasteiger partial charge in [0.1, 0.15) is 17.1 Å². The largest absolute Gasteiger partial charge is 0.506 e. The van der Waals surface area contributed by atoms with E-state index in [9.17, 15) is 14.7 Å². The monoisotopic (exact) mass is 415 g/mol. The maximum absolute atomic E-state index is 13.3. The minimum absolute atomic E-state index is 0.249. The minimum Gasteiger partial charge on any atom is -0.506 e. The van der Waals surface area contributed by atoms with Gasteiger partial charge < -0.3 is 15.2 Å². The van der Waals surface area contributed by atoms with Gasteiger partial charge in [0.25, 0.3) is 11.5 Å². The van der Waals surface area contributed by atoms with Crippen LogP contribution in [-0.2, 0) is 6.42 Å². The average molecular weight is 415 g/mol. The summed E-state index contributed by atoms with van der Waals surface area (Å²) < 4.78 is 6.57. The van der Waals surface area contributed by atoms with Gasteiger partial charge in [-0.15, -0.1) is 0 Å². The lowest BCUT2D eigenvalue weighted by Crippen LogP contribution is -2.34. The van der Waals surface area contributed by atoms with Crippen molar-refractivity contribution in [1.29, 1.82) is 0 Å². The number of aromatic hydroxyl groups is 1. The molecule has 0 aliphatic rings. The van der Waals surface area contributed by atoms with Gasteiger partial charge in [0.2, 0.25) is 0 Å². The summed E-state index contributed by atoms with van der Waals surface area (Å²) in [6.45, 7) is 0.325. The first kappa shape index (κ1) is 20.2. The van der Waals surface area contributed by atoms with Crippen LogP contribution in [0.1, 0.15) is 15.9 Å². The fourth-order valence-electron chi connectivity index (χ4n) is 3.45. The molecule has 2 heterocycles. The lowest BCUT2D eigenvalue weighted by Gasteiger charge is -2.15. The van der Waals surface area contributed by atoms with Crippen molar-refractivity contribution in [3.63, 3.8) is 0 Å². The zero-order valence-electron chi connectivity index (χ0n) is 16.9. The summed E-state index contributed by atoms with van der Waals surface area (Å²) in [5.41, 5.74) is 0.805. The Balaban J connectivity index is 1.77. The summed E-state index contributed by atoms with van der Waals surface area (Å²) in [5.74, 6) is -0.472. The molecule has 2 aromatic carbocycles. The number of methoxy groups -OCH3 is 1. The molecule has 0 aliphatic heterocycles. The molecule has 0 radical (unpaired) electrons. The summed E-state index contributed by atoms with van der Waals surface area (Å²) in [6.07, 6.45) is 2.13. The fraction of sp³-hybridized carbons (Fsp3) is 0.125. The Labute approximate surface area is 178 Å². The smallest absolute Gasteiger partial charge is 0.273 e. The SMILES string of the molecule is COc1cccc(-n2c(=O)c(C(=O)NCCc3ccccc3)c(O)c3cccnc32)c1. The van der Waals surface area contributed by atoms with Gasteiger partial charge in [-0.25, -0.2) is 4.98 Å². The van der Waals surface area contributed by atoms with Gasteiger partial charge in [-0.1, -0.05) is 36.4 Å². The highest BCUT2D eigenvalue weighted by Crippen LogP contribution is 2.27. The van der Waals surface area contributed by atoms with Crippen LogP contribution < -0.4 is 15.6 Å². The zero-order valence-corrected chi connectivity index (χ0v) is 16.9.